The molecular weight excluding hydrogens is 825 g/mol. The lowest BCUT2D eigenvalue weighted by atomic mass is 9.99. The van der Waals surface area contributed by atoms with E-state index in [-0.39, 0.29) is 55.2 Å². The summed E-state index contributed by atoms with van der Waals surface area (Å²) in [5, 5.41) is 7.91. The average molecular weight is 888 g/mol. The van der Waals surface area contributed by atoms with Crippen molar-refractivity contribution in [3.05, 3.63) is 53.6 Å². The van der Waals surface area contributed by atoms with Gasteiger partial charge in [0.05, 0.1) is 13.0 Å². The zero-order valence-electron chi connectivity index (χ0n) is 37.2. The van der Waals surface area contributed by atoms with Crippen LogP contribution in [0.1, 0.15) is 85.1 Å². The van der Waals surface area contributed by atoms with Crippen molar-refractivity contribution < 1.29 is 56.6 Å². The number of nitrogens with zero attached hydrogens (tertiary/aromatic N) is 3. The molecule has 0 aliphatic carbocycles. The number of hydrogen-bond acceptors (Lipinski definition) is 11. The summed E-state index contributed by atoms with van der Waals surface area (Å²) in [6.45, 7) is 12.7. The second-order valence-electron chi connectivity index (χ2n) is 15.6. The summed E-state index contributed by atoms with van der Waals surface area (Å²) in [6, 6.07) is 5.80. The summed E-state index contributed by atoms with van der Waals surface area (Å²) in [6.07, 6.45) is 3.80. The number of amides is 6. The van der Waals surface area contributed by atoms with E-state index in [2.05, 4.69) is 16.0 Å². The van der Waals surface area contributed by atoms with E-state index in [0.29, 0.717) is 74.5 Å². The van der Waals surface area contributed by atoms with Crippen LogP contribution in [0.15, 0.2) is 36.4 Å². The maximum Gasteiger partial charge on any atom is 0.329 e. The van der Waals surface area contributed by atoms with Gasteiger partial charge in [-0.25, -0.2) is 13.6 Å². The van der Waals surface area contributed by atoms with Gasteiger partial charge in [-0.15, -0.1) is 0 Å². The van der Waals surface area contributed by atoms with E-state index in [1.807, 2.05) is 20.8 Å². The minimum Gasteiger partial charge on any atom is -0.461 e. The number of aryl methyl sites for hydroxylation is 1. The Labute approximate surface area is 367 Å². The smallest absolute Gasteiger partial charge is 0.329 e. The Kier molecular flexibility index (Phi) is 20.7. The van der Waals surface area contributed by atoms with E-state index < -0.39 is 47.9 Å². The number of esters is 1. The monoisotopic (exact) mass is 887 g/mol. The first-order chi connectivity index (χ1) is 30.0. The van der Waals surface area contributed by atoms with Gasteiger partial charge in [0.25, 0.3) is 0 Å². The lowest BCUT2D eigenvalue weighted by Crippen LogP contribution is -2.59. The van der Waals surface area contributed by atoms with Crippen molar-refractivity contribution in [3.8, 4) is 11.5 Å². The molecule has 0 saturated carbocycles. The summed E-state index contributed by atoms with van der Waals surface area (Å²) < 4.78 is 40.2. The number of halogens is 2. The van der Waals surface area contributed by atoms with Gasteiger partial charge in [-0.05, 0) is 102 Å². The van der Waals surface area contributed by atoms with Crippen LogP contribution in [0.25, 0.3) is 0 Å². The molecule has 5 aliphatic heterocycles. The van der Waals surface area contributed by atoms with E-state index in [9.17, 15) is 42.3 Å². The first kappa shape index (κ1) is 51.5. The Morgan fingerprint density at radius 1 is 0.857 bits per heavy atom. The number of cyclic esters (lactones) is 1. The Morgan fingerprint density at radius 2 is 1.51 bits per heavy atom. The number of rotatable bonds is 4. The molecule has 4 saturated heterocycles. The topological polar surface area (TPSA) is 219 Å². The highest BCUT2D eigenvalue weighted by molar-refractivity contribution is 5.95. The molecule has 6 atom stereocenters. The van der Waals surface area contributed by atoms with Crippen LogP contribution in [0.2, 0.25) is 0 Å². The molecule has 63 heavy (non-hydrogen) atoms. The number of hydrogen-bond donors (Lipinski definition) is 4. The first-order valence-corrected chi connectivity index (χ1v) is 21.4. The van der Waals surface area contributed by atoms with Crippen LogP contribution in [0.4, 0.5) is 14.5 Å². The fourth-order valence-electron chi connectivity index (χ4n) is 7.72. The number of piperidine rings is 1. The number of likely N-dealkylation sites (N-methyl/N-ethyl adjacent to an activating group) is 1. The second kappa shape index (κ2) is 25.3. The maximum atomic E-state index is 13.5. The van der Waals surface area contributed by atoms with Crippen LogP contribution >= 0.6 is 0 Å². The number of anilines is 1. The third kappa shape index (κ3) is 15.2. The van der Waals surface area contributed by atoms with Crippen LogP contribution in [-0.4, -0.2) is 127 Å². The van der Waals surface area contributed by atoms with Gasteiger partial charge in [-0.2, -0.15) is 0 Å². The van der Waals surface area contributed by atoms with Crippen LogP contribution < -0.4 is 31.2 Å². The first-order valence-electron chi connectivity index (χ1n) is 21.4. The Bertz CT molecular complexity index is 1850. The van der Waals surface area contributed by atoms with Gasteiger partial charge in [0, 0.05) is 37.5 Å². The predicted octanol–water partition coefficient (Wildman–Crippen LogP) is 3.41. The molecule has 2 aromatic carbocycles. The molecule has 2 aromatic rings. The molecule has 5 aliphatic rings. The lowest BCUT2D eigenvalue weighted by Gasteiger charge is -2.38. The van der Waals surface area contributed by atoms with Crippen molar-refractivity contribution in [2.45, 2.75) is 117 Å². The van der Waals surface area contributed by atoms with Gasteiger partial charge in [0.2, 0.25) is 42.7 Å². The summed E-state index contributed by atoms with van der Waals surface area (Å²) in [5.41, 5.74) is 6.01. The van der Waals surface area contributed by atoms with Crippen molar-refractivity contribution in [3.63, 3.8) is 0 Å². The number of fused-ring (bicyclic) bond motifs is 4. The highest BCUT2D eigenvalue weighted by Gasteiger charge is 2.44. The third-order valence-corrected chi connectivity index (χ3v) is 10.5. The molecule has 5 N–H and O–H groups in total. The number of primary amides is 1. The molecule has 0 bridgehead atoms. The highest BCUT2D eigenvalue weighted by Crippen LogP contribution is 2.34. The van der Waals surface area contributed by atoms with E-state index in [0.717, 1.165) is 18.9 Å². The van der Waals surface area contributed by atoms with Crippen molar-refractivity contribution in [2.75, 3.05) is 45.3 Å². The molecule has 0 spiro atoms. The fourth-order valence-corrected chi connectivity index (χ4v) is 7.72. The van der Waals surface area contributed by atoms with Gasteiger partial charge in [0.15, 0.2) is 11.5 Å². The van der Waals surface area contributed by atoms with Crippen molar-refractivity contribution in [2.24, 2.45) is 11.7 Å². The number of ether oxygens (including phenoxy) is 3. The summed E-state index contributed by atoms with van der Waals surface area (Å²) in [7, 11) is 1.67. The van der Waals surface area contributed by atoms with Crippen LogP contribution in [0.3, 0.4) is 0 Å². The molecule has 7 rings (SSSR count). The number of carbonyl (C=O) groups excluding carboxylic acids is 7. The molecular formula is C44H63F2N7O10. The van der Waals surface area contributed by atoms with Crippen molar-refractivity contribution in [1.82, 2.24) is 25.3 Å². The van der Waals surface area contributed by atoms with Crippen molar-refractivity contribution >= 4 is 47.6 Å². The summed E-state index contributed by atoms with van der Waals surface area (Å²) in [4.78, 5) is 90.5. The molecule has 17 nitrogen and oxygen atoms in total. The molecule has 6 amide bonds. The quantitative estimate of drug-likeness (QED) is 0.258. The largest absolute Gasteiger partial charge is 0.461 e. The third-order valence-electron chi connectivity index (χ3n) is 10.5. The maximum absolute atomic E-state index is 13.5. The molecule has 19 heteroatoms. The Morgan fingerprint density at radius 3 is 2.13 bits per heavy atom. The van der Waals surface area contributed by atoms with Gasteiger partial charge >= 0.3 is 5.97 Å². The van der Waals surface area contributed by atoms with Crippen LogP contribution in [0.5, 0.6) is 11.5 Å². The molecule has 6 unspecified atom stereocenters. The predicted molar refractivity (Wildman–Crippen MR) is 229 cm³/mol. The molecule has 0 radical (unpaired) electrons. The normalized spacial score (nSPS) is 24.1. The van der Waals surface area contributed by atoms with Gasteiger partial charge < -0.3 is 50.6 Å². The molecule has 348 valence electrons. The number of nitrogens with two attached hydrogens (primary N) is 1. The minimum atomic E-state index is -0.832. The fraction of sp³-hybridized carbons (Fsp3) is 0.568. The van der Waals surface area contributed by atoms with Crippen LogP contribution in [-0.2, 0) is 38.3 Å². The van der Waals surface area contributed by atoms with E-state index in [1.165, 1.54) is 17.0 Å². The zero-order valence-corrected chi connectivity index (χ0v) is 37.2. The minimum absolute atomic E-state index is 0.0218. The standard InChI is InChI=1S/C24H36N4O6.C8H7NO3.C7H6F2.C3H8N2O.C2H6/c1-14-11-19-24(33)34-15(2)12-20(29)26-10-6-8-18(26)23(32)27-9-5-4-7-17(27)21(30)25-16(3)22(31)28(19)13-14;10-4-9-6-1-2-7-8(3-6)12-5-11-7;1-5-2-6(8)4-7(9)3-5;1-5-2-3(4)6;1-2/h14-19H,4-13H2,1-3H3,(H,25,30);1-4H,5H2,(H,9,10);2-4H,1H3;5H,2H2,1H3,(H2,4,6);1-2H3. The molecule has 4 fully saturated rings. The lowest BCUT2D eigenvalue weighted by molar-refractivity contribution is -0.160. The van der Waals surface area contributed by atoms with Crippen LogP contribution in [0, 0.1) is 24.5 Å². The molecule has 0 aromatic heterocycles. The van der Waals surface area contributed by atoms with Gasteiger partial charge in [-0.3, -0.25) is 28.8 Å². The van der Waals surface area contributed by atoms with E-state index in [4.69, 9.17) is 19.9 Å². The Balaban J connectivity index is 0.000000293. The number of carbonyl (C=O) groups is 7. The summed E-state index contributed by atoms with van der Waals surface area (Å²) in [5.74, 6) is -1.55. The van der Waals surface area contributed by atoms with E-state index in [1.54, 1.807) is 55.8 Å². The number of benzene rings is 2. The van der Waals surface area contributed by atoms with Crippen molar-refractivity contribution in [1.29, 1.82) is 0 Å². The second-order valence-corrected chi connectivity index (χ2v) is 15.6. The Hall–Kier alpha value is -5.85. The average Bonchev–Trinajstić information content (AvgIpc) is 4.01. The number of nitrogens with one attached hydrogen (secondary N) is 3. The molecule has 5 heterocycles. The van der Waals surface area contributed by atoms with Gasteiger partial charge in [-0.1, -0.05) is 20.8 Å². The summed E-state index contributed by atoms with van der Waals surface area (Å²) >= 11 is 0. The highest BCUT2D eigenvalue weighted by atomic mass is 19.1. The van der Waals surface area contributed by atoms with E-state index >= 15 is 0 Å². The van der Waals surface area contributed by atoms with Gasteiger partial charge in [0.1, 0.15) is 41.9 Å². The zero-order chi connectivity index (χ0) is 46.8. The SMILES string of the molecule is CC.CC1CC2C(=O)OC(C)CC(=O)N3CCCC3C(=O)N3CCCCC3C(=O)NC(C)C(=O)N2C1.CNCC(N)=O.Cc1cc(F)cc(F)c1.O=CNc1ccc2c(c1)OCO2.